The van der Waals surface area contributed by atoms with Crippen LogP contribution in [-0.2, 0) is 9.84 Å². The number of hydrogen-bond acceptors (Lipinski definition) is 5. The minimum absolute atomic E-state index is 0.0351. The van der Waals surface area contributed by atoms with E-state index in [1.165, 1.54) is 19.1 Å². The molecule has 6 heteroatoms. The van der Waals surface area contributed by atoms with Crippen LogP contribution >= 0.6 is 11.8 Å². The van der Waals surface area contributed by atoms with Gasteiger partial charge < -0.3 is 5.73 Å². The predicted octanol–water partition coefficient (Wildman–Crippen LogP) is 1.07. The SMILES string of the molecule is CS(=O)(=O)C1CSCCN1CCC1(N)CCCC1. The Morgan fingerprint density at radius 1 is 1.39 bits per heavy atom. The molecule has 1 atom stereocenters. The topological polar surface area (TPSA) is 63.4 Å². The van der Waals surface area contributed by atoms with Crippen LogP contribution < -0.4 is 5.73 Å². The average Bonchev–Trinajstić information content (AvgIpc) is 2.73. The minimum Gasteiger partial charge on any atom is -0.325 e. The second-order valence-corrected chi connectivity index (χ2v) is 9.07. The molecule has 2 rings (SSSR count). The van der Waals surface area contributed by atoms with Gasteiger partial charge in [-0.3, -0.25) is 4.90 Å². The molecule has 0 amide bonds. The van der Waals surface area contributed by atoms with Crippen LogP contribution in [0.2, 0.25) is 0 Å². The third-order valence-electron chi connectivity index (χ3n) is 4.18. The zero-order chi connectivity index (χ0) is 13.2. The molecule has 1 unspecified atom stereocenters. The van der Waals surface area contributed by atoms with E-state index in [2.05, 4.69) is 4.90 Å². The first kappa shape index (κ1) is 14.6. The van der Waals surface area contributed by atoms with Gasteiger partial charge >= 0.3 is 0 Å². The summed E-state index contributed by atoms with van der Waals surface area (Å²) in [6.07, 6.45) is 6.93. The molecule has 2 fully saturated rings. The van der Waals surface area contributed by atoms with Gasteiger partial charge in [-0.2, -0.15) is 11.8 Å². The number of hydrogen-bond donors (Lipinski definition) is 1. The maximum atomic E-state index is 11.8. The average molecular weight is 292 g/mol. The highest BCUT2D eigenvalue weighted by Gasteiger charge is 2.34. The third kappa shape index (κ3) is 3.62. The Morgan fingerprint density at radius 3 is 2.67 bits per heavy atom. The highest BCUT2D eigenvalue weighted by atomic mass is 32.2. The molecular formula is C12H24N2O2S2. The molecule has 0 spiro atoms. The number of nitrogens with two attached hydrogens (primary N) is 1. The van der Waals surface area contributed by atoms with Gasteiger partial charge in [0.1, 0.15) is 5.37 Å². The van der Waals surface area contributed by atoms with Gasteiger partial charge in [0, 0.05) is 36.4 Å². The van der Waals surface area contributed by atoms with Crippen molar-refractivity contribution < 1.29 is 8.42 Å². The molecule has 0 bridgehead atoms. The quantitative estimate of drug-likeness (QED) is 0.839. The summed E-state index contributed by atoms with van der Waals surface area (Å²) < 4.78 is 23.6. The van der Waals surface area contributed by atoms with Crippen LogP contribution in [0.1, 0.15) is 32.1 Å². The van der Waals surface area contributed by atoms with Gasteiger partial charge in [0.2, 0.25) is 0 Å². The van der Waals surface area contributed by atoms with E-state index in [1.807, 2.05) is 0 Å². The van der Waals surface area contributed by atoms with E-state index in [4.69, 9.17) is 5.73 Å². The largest absolute Gasteiger partial charge is 0.325 e. The Labute approximate surface area is 115 Å². The molecule has 0 aromatic rings. The van der Waals surface area contributed by atoms with E-state index in [0.717, 1.165) is 38.1 Å². The van der Waals surface area contributed by atoms with Crippen molar-refractivity contribution >= 4 is 21.6 Å². The smallest absolute Gasteiger partial charge is 0.164 e. The summed E-state index contributed by atoms with van der Waals surface area (Å²) in [5.41, 5.74) is 6.31. The fourth-order valence-corrected chi connectivity index (χ4v) is 5.93. The van der Waals surface area contributed by atoms with Gasteiger partial charge in [0.25, 0.3) is 0 Å². The molecule has 1 heterocycles. The molecule has 2 aliphatic rings. The lowest BCUT2D eigenvalue weighted by molar-refractivity contribution is 0.235. The van der Waals surface area contributed by atoms with Gasteiger partial charge in [-0.1, -0.05) is 12.8 Å². The standard InChI is InChI=1S/C12H24N2O2S2/c1-18(15,16)11-10-17-9-8-14(11)7-6-12(13)4-2-3-5-12/h11H,2-10,13H2,1H3. The van der Waals surface area contributed by atoms with Crippen molar-refractivity contribution in [2.75, 3.05) is 30.9 Å². The van der Waals surface area contributed by atoms with Gasteiger partial charge in [0.15, 0.2) is 9.84 Å². The Kier molecular flexibility index (Phi) is 4.62. The first-order valence-electron chi connectivity index (χ1n) is 6.70. The maximum Gasteiger partial charge on any atom is 0.164 e. The molecule has 18 heavy (non-hydrogen) atoms. The Morgan fingerprint density at radius 2 is 2.06 bits per heavy atom. The van der Waals surface area contributed by atoms with E-state index in [-0.39, 0.29) is 10.9 Å². The molecule has 1 aliphatic heterocycles. The minimum atomic E-state index is -2.98. The van der Waals surface area contributed by atoms with Gasteiger partial charge in [0.05, 0.1) is 0 Å². The monoisotopic (exact) mass is 292 g/mol. The van der Waals surface area contributed by atoms with Crippen molar-refractivity contribution in [2.24, 2.45) is 5.73 Å². The zero-order valence-corrected chi connectivity index (χ0v) is 12.7. The summed E-state index contributed by atoms with van der Waals surface area (Å²) in [5, 5.41) is -0.304. The molecule has 4 nitrogen and oxygen atoms in total. The van der Waals surface area contributed by atoms with E-state index in [0.29, 0.717) is 5.75 Å². The van der Waals surface area contributed by atoms with Crippen molar-refractivity contribution in [1.82, 2.24) is 4.90 Å². The van der Waals surface area contributed by atoms with E-state index in [1.54, 1.807) is 11.8 Å². The molecule has 1 aliphatic carbocycles. The Bertz CT molecular complexity index is 378. The molecule has 1 saturated carbocycles. The molecule has 0 aromatic carbocycles. The zero-order valence-electron chi connectivity index (χ0n) is 11.1. The molecule has 1 saturated heterocycles. The highest BCUT2D eigenvalue weighted by Crippen LogP contribution is 2.31. The summed E-state index contributed by atoms with van der Waals surface area (Å²) in [6.45, 7) is 1.70. The molecular weight excluding hydrogens is 268 g/mol. The fourth-order valence-electron chi connectivity index (χ4n) is 2.96. The second kappa shape index (κ2) is 5.69. The molecule has 0 aromatic heterocycles. The first-order chi connectivity index (χ1) is 8.41. The Hall–Kier alpha value is 0.220. The van der Waals surface area contributed by atoms with E-state index in [9.17, 15) is 8.42 Å². The van der Waals surface area contributed by atoms with Crippen LogP contribution in [0, 0.1) is 0 Å². The summed E-state index contributed by atoms with van der Waals surface area (Å²) >= 11 is 1.74. The fraction of sp³-hybridized carbons (Fsp3) is 1.00. The van der Waals surface area contributed by atoms with Crippen LogP contribution in [0.3, 0.4) is 0 Å². The second-order valence-electron chi connectivity index (χ2n) is 5.71. The van der Waals surface area contributed by atoms with Crippen molar-refractivity contribution in [3.63, 3.8) is 0 Å². The number of nitrogens with zero attached hydrogens (tertiary/aromatic N) is 1. The summed E-state index contributed by atoms with van der Waals surface area (Å²) in [6, 6.07) is 0. The lowest BCUT2D eigenvalue weighted by Gasteiger charge is -2.36. The van der Waals surface area contributed by atoms with Crippen LogP contribution in [0.5, 0.6) is 0 Å². The van der Waals surface area contributed by atoms with Crippen LogP contribution in [0.15, 0.2) is 0 Å². The first-order valence-corrected chi connectivity index (χ1v) is 9.81. The van der Waals surface area contributed by atoms with E-state index < -0.39 is 9.84 Å². The molecule has 2 N–H and O–H groups in total. The van der Waals surface area contributed by atoms with Crippen LogP contribution in [0.4, 0.5) is 0 Å². The van der Waals surface area contributed by atoms with Crippen molar-refractivity contribution in [3.8, 4) is 0 Å². The number of sulfone groups is 1. The van der Waals surface area contributed by atoms with Crippen molar-refractivity contribution in [1.29, 1.82) is 0 Å². The summed E-state index contributed by atoms with van der Waals surface area (Å²) in [4.78, 5) is 2.12. The number of rotatable bonds is 4. The summed E-state index contributed by atoms with van der Waals surface area (Å²) in [5.74, 6) is 1.74. The lowest BCUT2D eigenvalue weighted by atomic mass is 9.94. The van der Waals surface area contributed by atoms with Gasteiger partial charge in [-0.15, -0.1) is 0 Å². The lowest BCUT2D eigenvalue weighted by Crippen LogP contribution is -2.49. The normalized spacial score (nSPS) is 29.6. The molecule has 0 radical (unpaired) electrons. The Balaban J connectivity index is 1.93. The van der Waals surface area contributed by atoms with Gasteiger partial charge in [-0.25, -0.2) is 8.42 Å². The van der Waals surface area contributed by atoms with Crippen LogP contribution in [-0.4, -0.2) is 55.1 Å². The summed E-state index contributed by atoms with van der Waals surface area (Å²) in [7, 11) is -2.98. The van der Waals surface area contributed by atoms with Crippen molar-refractivity contribution in [2.45, 2.75) is 43.0 Å². The van der Waals surface area contributed by atoms with E-state index >= 15 is 0 Å². The van der Waals surface area contributed by atoms with Gasteiger partial charge in [-0.05, 0) is 19.3 Å². The predicted molar refractivity (Wildman–Crippen MR) is 77.5 cm³/mol. The third-order valence-corrected chi connectivity index (χ3v) is 6.87. The van der Waals surface area contributed by atoms with Crippen molar-refractivity contribution in [3.05, 3.63) is 0 Å². The number of thioether (sulfide) groups is 1. The molecule has 106 valence electrons. The highest BCUT2D eigenvalue weighted by molar-refractivity contribution is 8.00. The maximum absolute atomic E-state index is 11.8. The van der Waals surface area contributed by atoms with Crippen LogP contribution in [0.25, 0.3) is 0 Å².